The van der Waals surface area contributed by atoms with Crippen molar-refractivity contribution in [3.8, 4) is 0 Å². The molecule has 1 aromatic rings. The van der Waals surface area contributed by atoms with Gasteiger partial charge in [-0.3, -0.25) is 25.0 Å². The van der Waals surface area contributed by atoms with E-state index in [0.717, 1.165) is 10.9 Å². The Morgan fingerprint density at radius 3 is 2.41 bits per heavy atom. The zero-order valence-electron chi connectivity index (χ0n) is 11.2. The zero-order chi connectivity index (χ0) is 16.4. The van der Waals surface area contributed by atoms with E-state index in [9.17, 15) is 19.8 Å². The molecular formula is C10H16N6O6. The summed E-state index contributed by atoms with van der Waals surface area (Å²) >= 11 is 0. The van der Waals surface area contributed by atoms with Crippen LogP contribution in [0.15, 0.2) is 6.33 Å². The molecule has 0 bridgehead atoms. The lowest BCUT2D eigenvalue weighted by molar-refractivity contribution is -0.0535. The third-order valence-corrected chi connectivity index (χ3v) is 3.28. The van der Waals surface area contributed by atoms with Crippen molar-refractivity contribution in [3.63, 3.8) is 0 Å². The Morgan fingerprint density at radius 1 is 1.27 bits per heavy atom. The summed E-state index contributed by atoms with van der Waals surface area (Å²) in [6, 6.07) is 0. The summed E-state index contributed by atoms with van der Waals surface area (Å²) in [5.74, 6) is 8.33. The molecule has 122 valence electrons. The summed E-state index contributed by atoms with van der Waals surface area (Å²) in [4.78, 5) is 27.2. The maximum Gasteiger partial charge on any atom is 0.286 e. The van der Waals surface area contributed by atoms with Crippen LogP contribution in [0.25, 0.3) is 0 Å². The summed E-state index contributed by atoms with van der Waals surface area (Å²) in [5.41, 5.74) is 2.98. The third-order valence-electron chi connectivity index (χ3n) is 3.28. The van der Waals surface area contributed by atoms with E-state index in [1.807, 2.05) is 10.9 Å². The molecule has 0 spiro atoms. The summed E-state index contributed by atoms with van der Waals surface area (Å²) in [7, 11) is 0. The van der Waals surface area contributed by atoms with Crippen molar-refractivity contribution < 1.29 is 29.6 Å². The van der Waals surface area contributed by atoms with E-state index in [4.69, 9.17) is 21.5 Å². The fraction of sp³-hybridized carbons (Fsp3) is 0.500. The molecule has 0 aliphatic carbocycles. The number of hydrazine groups is 2. The third kappa shape index (κ3) is 2.54. The molecule has 1 saturated heterocycles. The Kier molecular flexibility index (Phi) is 4.70. The second-order valence-corrected chi connectivity index (χ2v) is 4.52. The molecule has 0 unspecified atom stereocenters. The average Bonchev–Trinajstić information content (AvgIpc) is 3.08. The van der Waals surface area contributed by atoms with Crippen LogP contribution in [0.1, 0.15) is 27.2 Å². The fourth-order valence-corrected chi connectivity index (χ4v) is 2.19. The van der Waals surface area contributed by atoms with Crippen molar-refractivity contribution in [2.75, 3.05) is 6.61 Å². The molecule has 0 aromatic carbocycles. The largest absolute Gasteiger partial charge is 0.394 e. The van der Waals surface area contributed by atoms with E-state index in [0.29, 0.717) is 0 Å². The van der Waals surface area contributed by atoms with E-state index in [1.54, 1.807) is 0 Å². The number of hydrogen-bond acceptors (Lipinski definition) is 9. The van der Waals surface area contributed by atoms with Crippen LogP contribution in [0.2, 0.25) is 0 Å². The quantitative estimate of drug-likeness (QED) is 0.163. The normalized spacial score (nSPS) is 27.7. The van der Waals surface area contributed by atoms with Crippen LogP contribution < -0.4 is 22.5 Å². The van der Waals surface area contributed by atoms with Crippen LogP contribution in [0, 0.1) is 0 Å². The molecular weight excluding hydrogens is 300 g/mol. The second-order valence-electron chi connectivity index (χ2n) is 4.52. The van der Waals surface area contributed by atoms with Crippen LogP contribution >= 0.6 is 0 Å². The monoisotopic (exact) mass is 316 g/mol. The molecule has 22 heavy (non-hydrogen) atoms. The molecule has 1 aliphatic rings. The van der Waals surface area contributed by atoms with Gasteiger partial charge in [-0.2, -0.15) is 0 Å². The van der Waals surface area contributed by atoms with Crippen LogP contribution in [0.3, 0.4) is 0 Å². The molecule has 0 saturated carbocycles. The fourth-order valence-electron chi connectivity index (χ4n) is 2.19. The number of nitrogens with two attached hydrogens (primary N) is 2. The van der Waals surface area contributed by atoms with Crippen molar-refractivity contribution in [1.29, 1.82) is 0 Å². The molecule has 12 nitrogen and oxygen atoms in total. The average molecular weight is 316 g/mol. The first-order valence-electron chi connectivity index (χ1n) is 6.17. The van der Waals surface area contributed by atoms with Gasteiger partial charge in [-0.1, -0.05) is 0 Å². The molecule has 2 heterocycles. The van der Waals surface area contributed by atoms with Crippen LogP contribution in [0.4, 0.5) is 0 Å². The molecule has 2 rings (SSSR count). The van der Waals surface area contributed by atoms with E-state index < -0.39 is 43.0 Å². The Balaban J connectivity index is 2.45. The van der Waals surface area contributed by atoms with E-state index in [1.165, 1.54) is 0 Å². The van der Waals surface area contributed by atoms with Crippen molar-refractivity contribution in [2.45, 2.75) is 24.5 Å². The number of aromatic nitrogens is 2. The molecule has 0 radical (unpaired) electrons. The van der Waals surface area contributed by atoms with Gasteiger partial charge in [0.1, 0.15) is 24.0 Å². The standard InChI is InChI=1S/C10H16N6O6/c11-14-8(20)4-5(9(21)15-12)16(2-13-4)10-7(19)6(18)3(1-17)22-10/h2-3,6-7,10,17-19H,1,11-12H2,(H,14,20)(H,15,21)/t3-,6+,7-,10-/m0/s1. The van der Waals surface area contributed by atoms with Gasteiger partial charge in [-0.05, 0) is 0 Å². The van der Waals surface area contributed by atoms with Gasteiger partial charge in [0.05, 0.1) is 12.9 Å². The summed E-state index contributed by atoms with van der Waals surface area (Å²) < 4.78 is 6.30. The van der Waals surface area contributed by atoms with Gasteiger partial charge in [-0.15, -0.1) is 0 Å². The van der Waals surface area contributed by atoms with Crippen molar-refractivity contribution >= 4 is 11.8 Å². The summed E-state index contributed by atoms with van der Waals surface area (Å²) in [6.45, 7) is -0.544. The van der Waals surface area contributed by atoms with Crippen molar-refractivity contribution in [1.82, 2.24) is 20.4 Å². The second kappa shape index (κ2) is 6.35. The van der Waals surface area contributed by atoms with Crippen LogP contribution in [-0.4, -0.2) is 61.6 Å². The van der Waals surface area contributed by atoms with Gasteiger partial charge in [0.25, 0.3) is 11.8 Å². The highest BCUT2D eigenvalue weighted by atomic mass is 16.6. The molecule has 1 fully saturated rings. The highest BCUT2D eigenvalue weighted by molar-refractivity contribution is 6.04. The number of aliphatic hydroxyl groups excluding tert-OH is 3. The van der Waals surface area contributed by atoms with Gasteiger partial charge in [-0.25, -0.2) is 16.7 Å². The summed E-state index contributed by atoms with van der Waals surface area (Å²) in [5, 5.41) is 28.8. The van der Waals surface area contributed by atoms with E-state index >= 15 is 0 Å². The number of nitrogens with zero attached hydrogens (tertiary/aromatic N) is 2. The van der Waals surface area contributed by atoms with Crippen molar-refractivity contribution in [2.24, 2.45) is 11.7 Å². The molecule has 1 aliphatic heterocycles. The van der Waals surface area contributed by atoms with E-state index in [2.05, 4.69) is 4.98 Å². The number of amides is 2. The Hall–Kier alpha value is -2.09. The summed E-state index contributed by atoms with van der Waals surface area (Å²) in [6.07, 6.45) is -4.08. The number of nitrogen functional groups attached to an aromatic ring is 2. The molecule has 9 N–H and O–H groups in total. The first kappa shape index (κ1) is 16.3. The Morgan fingerprint density at radius 2 is 1.91 bits per heavy atom. The lowest BCUT2D eigenvalue weighted by Crippen LogP contribution is -2.38. The number of rotatable bonds is 4. The number of aliphatic hydroxyl groups is 3. The topological polar surface area (TPSA) is 198 Å². The van der Waals surface area contributed by atoms with Gasteiger partial charge in [0.15, 0.2) is 11.9 Å². The predicted octanol–water partition coefficient (Wildman–Crippen LogP) is -4.30. The minimum absolute atomic E-state index is 0.319. The van der Waals surface area contributed by atoms with E-state index in [-0.39, 0.29) is 11.4 Å². The van der Waals surface area contributed by atoms with Gasteiger partial charge >= 0.3 is 0 Å². The Labute approximate surface area is 123 Å². The van der Waals surface area contributed by atoms with Crippen LogP contribution in [0.5, 0.6) is 0 Å². The van der Waals surface area contributed by atoms with Gasteiger partial charge in [0.2, 0.25) is 0 Å². The minimum Gasteiger partial charge on any atom is -0.394 e. The molecule has 2 amide bonds. The first-order valence-corrected chi connectivity index (χ1v) is 6.17. The number of carbonyl (C=O) groups excluding carboxylic acids is 2. The molecule has 4 atom stereocenters. The highest BCUT2D eigenvalue weighted by Crippen LogP contribution is 2.30. The minimum atomic E-state index is -1.45. The zero-order valence-corrected chi connectivity index (χ0v) is 11.2. The highest BCUT2D eigenvalue weighted by Gasteiger charge is 2.45. The number of carbonyl (C=O) groups is 2. The van der Waals surface area contributed by atoms with Gasteiger partial charge in [0, 0.05) is 0 Å². The van der Waals surface area contributed by atoms with Crippen molar-refractivity contribution in [3.05, 3.63) is 17.7 Å². The maximum absolute atomic E-state index is 11.9. The van der Waals surface area contributed by atoms with Gasteiger partial charge < -0.3 is 20.1 Å². The maximum atomic E-state index is 11.9. The number of hydrogen-bond donors (Lipinski definition) is 7. The lowest BCUT2D eigenvalue weighted by atomic mass is 10.1. The lowest BCUT2D eigenvalue weighted by Gasteiger charge is -2.18. The molecule has 12 heteroatoms. The van der Waals surface area contributed by atoms with Crippen LogP contribution in [-0.2, 0) is 4.74 Å². The number of ether oxygens (including phenoxy) is 1. The number of imidazole rings is 1. The Bertz CT molecular complexity index is 576. The smallest absolute Gasteiger partial charge is 0.286 e. The SMILES string of the molecule is NNC(=O)c1ncn([C@H]2O[C@@H](CO)[C@@H](O)[C@@H]2O)c1C(=O)NN. The first-order chi connectivity index (χ1) is 10.5. The molecule has 1 aromatic heterocycles. The number of nitrogens with one attached hydrogen (secondary N) is 2. The predicted molar refractivity (Wildman–Crippen MR) is 68.5 cm³/mol.